The van der Waals surface area contributed by atoms with Crippen molar-refractivity contribution in [3.8, 4) is 0 Å². The fraction of sp³-hybridized carbons (Fsp3) is 0.842. The summed E-state index contributed by atoms with van der Waals surface area (Å²) in [5.41, 5.74) is 5.63. The van der Waals surface area contributed by atoms with E-state index in [2.05, 4.69) is 34.7 Å². The molecule has 1 saturated carbocycles. The summed E-state index contributed by atoms with van der Waals surface area (Å²) in [4.78, 5) is 0. The fourth-order valence-corrected chi connectivity index (χ4v) is 3.23. The van der Waals surface area contributed by atoms with Crippen LogP contribution < -0.4 is 5.73 Å². The Morgan fingerprint density at radius 1 is 0.926 bits per heavy atom. The van der Waals surface area contributed by atoms with Crippen LogP contribution in [0.15, 0.2) is 12.4 Å². The standard InChI is InChI=1S/C13H24N2O4.C6H13N.Pt/c1-14-3-4-15(13-14)5-6-17-9-10-19-12-11-18-8-7-16-2;7-6-4-2-1-3-5-6;/h3-4H,5-12H2,1-2H3;6H,1-5,7H2;. The van der Waals surface area contributed by atoms with Crippen LogP contribution in [0.4, 0.5) is 0 Å². The van der Waals surface area contributed by atoms with E-state index >= 15 is 0 Å². The van der Waals surface area contributed by atoms with Gasteiger partial charge in [-0.3, -0.25) is 0 Å². The summed E-state index contributed by atoms with van der Waals surface area (Å²) >= 11 is 2.30. The number of rotatable bonds is 12. The molecule has 1 aliphatic rings. The van der Waals surface area contributed by atoms with Crippen LogP contribution in [0.1, 0.15) is 32.1 Å². The Morgan fingerprint density at radius 2 is 1.48 bits per heavy atom. The summed E-state index contributed by atoms with van der Waals surface area (Å²) in [7, 11) is 3.69. The van der Waals surface area contributed by atoms with E-state index in [-0.39, 0.29) is 0 Å². The van der Waals surface area contributed by atoms with Crippen LogP contribution >= 0.6 is 0 Å². The molecule has 2 rings (SSSR count). The largest absolute Gasteiger partial charge is 0.328 e. The molecule has 27 heavy (non-hydrogen) atoms. The van der Waals surface area contributed by atoms with Crippen molar-refractivity contribution >= 4 is 0 Å². The zero-order valence-electron chi connectivity index (χ0n) is 16.8. The molecule has 162 valence electrons. The fourth-order valence-electron chi connectivity index (χ4n) is 2.64. The molecule has 8 heteroatoms. The second-order valence-electron chi connectivity index (χ2n) is 6.57. The monoisotopic (exact) mass is 566 g/mol. The summed E-state index contributed by atoms with van der Waals surface area (Å²) in [6, 6.07) is 0.536. The smallest absolute Gasteiger partial charge is 0.00388 e. The van der Waals surface area contributed by atoms with E-state index in [0.717, 1.165) is 6.54 Å². The number of nitrogens with two attached hydrogens (primary N) is 1. The van der Waals surface area contributed by atoms with Crippen molar-refractivity contribution in [2.75, 3.05) is 53.4 Å². The van der Waals surface area contributed by atoms with Crippen molar-refractivity contribution in [1.82, 2.24) is 9.13 Å². The molecule has 0 spiro atoms. The van der Waals surface area contributed by atoms with Crippen molar-refractivity contribution in [3.63, 3.8) is 0 Å². The maximum atomic E-state index is 5.63. The van der Waals surface area contributed by atoms with Crippen LogP contribution in [0.2, 0.25) is 0 Å². The molecule has 0 unspecified atom stereocenters. The molecule has 0 aromatic carbocycles. The van der Waals surface area contributed by atoms with Crippen LogP contribution in [-0.2, 0) is 51.9 Å². The third-order valence-electron chi connectivity index (χ3n) is 4.26. The number of hydrogen-bond donors (Lipinski definition) is 1. The Morgan fingerprint density at radius 3 is 1.93 bits per heavy atom. The summed E-state index contributed by atoms with van der Waals surface area (Å²) in [5, 5.41) is 0. The van der Waals surface area contributed by atoms with E-state index in [4.69, 9.17) is 24.7 Å². The van der Waals surface area contributed by atoms with Gasteiger partial charge in [0.25, 0.3) is 0 Å². The molecule has 1 heterocycles. The van der Waals surface area contributed by atoms with Gasteiger partial charge in [0.1, 0.15) is 0 Å². The van der Waals surface area contributed by atoms with E-state index in [1.807, 2.05) is 13.2 Å². The minimum Gasteiger partial charge on any atom is -0.328 e. The first kappa shape index (κ1) is 24.7. The topological polar surface area (TPSA) is 72.8 Å². The number of imidazole rings is 1. The predicted octanol–water partition coefficient (Wildman–Crippen LogP) is 1.88. The summed E-state index contributed by atoms with van der Waals surface area (Å²) < 4.78 is 26.5. The number of ether oxygens (including phenoxy) is 4. The zero-order chi connectivity index (χ0) is 19.7. The molecule has 0 saturated heterocycles. The Balaban J connectivity index is 0.000000433. The number of nitrogens with zero attached hydrogens (tertiary/aromatic N) is 2. The Kier molecular flexibility index (Phi) is 15.2. The SMILES string of the molecule is COCCOCCOCCOCCn1ccn(C)[c]1=[Pt].NC1CCCCC1. The molecule has 2 N–H and O–H groups in total. The molecule has 0 bridgehead atoms. The van der Waals surface area contributed by atoms with E-state index in [9.17, 15) is 0 Å². The second-order valence-corrected chi connectivity index (χ2v) is 7.59. The molecule has 0 amide bonds. The quantitative estimate of drug-likeness (QED) is 0.392. The summed E-state index contributed by atoms with van der Waals surface area (Å²) in [6.45, 7) is 5.20. The van der Waals surface area contributed by atoms with Gasteiger partial charge in [-0.05, 0) is 12.8 Å². The first-order chi connectivity index (χ1) is 13.1. The Hall–Kier alpha value is -0.302. The first-order valence-electron chi connectivity index (χ1n) is 9.80. The minimum absolute atomic E-state index is 0.536. The van der Waals surface area contributed by atoms with Gasteiger partial charge in [-0.2, -0.15) is 0 Å². The van der Waals surface area contributed by atoms with Gasteiger partial charge >= 0.3 is 112 Å². The van der Waals surface area contributed by atoms with Crippen LogP contribution in [0.25, 0.3) is 0 Å². The molecule has 1 aliphatic carbocycles. The zero-order valence-corrected chi connectivity index (χ0v) is 19.1. The summed E-state index contributed by atoms with van der Waals surface area (Å²) in [5.74, 6) is 0. The van der Waals surface area contributed by atoms with E-state index in [0.29, 0.717) is 52.3 Å². The molecule has 7 nitrogen and oxygen atoms in total. The third-order valence-corrected chi connectivity index (χ3v) is 5.71. The van der Waals surface area contributed by atoms with Gasteiger partial charge in [-0.15, -0.1) is 0 Å². The normalized spacial score (nSPS) is 14.9. The van der Waals surface area contributed by atoms with Crippen LogP contribution in [0, 0.1) is 3.80 Å². The molecule has 1 fully saturated rings. The van der Waals surface area contributed by atoms with Crippen molar-refractivity contribution in [1.29, 1.82) is 0 Å². The summed E-state index contributed by atoms with van der Waals surface area (Å²) in [6.07, 6.45) is 10.8. The molecule has 0 radical (unpaired) electrons. The van der Waals surface area contributed by atoms with Crippen molar-refractivity contribution in [2.45, 2.75) is 44.7 Å². The number of aryl methyl sites for hydroxylation is 1. The number of hydrogen-bond acceptors (Lipinski definition) is 5. The van der Waals surface area contributed by atoms with Gasteiger partial charge in [-0.1, -0.05) is 19.3 Å². The average Bonchev–Trinajstić information content (AvgIpc) is 2.99. The Labute approximate surface area is 174 Å². The Bertz CT molecular complexity index is 515. The van der Waals surface area contributed by atoms with Gasteiger partial charge < -0.3 is 10.5 Å². The van der Waals surface area contributed by atoms with Crippen molar-refractivity contribution in [3.05, 3.63) is 16.2 Å². The maximum Gasteiger partial charge on any atom is 0.00388 e. The minimum atomic E-state index is 0.536. The third kappa shape index (κ3) is 12.7. The molecular formula is C19H37N3O4Pt. The van der Waals surface area contributed by atoms with Crippen LogP contribution in [0.3, 0.4) is 0 Å². The van der Waals surface area contributed by atoms with Crippen molar-refractivity contribution in [2.24, 2.45) is 12.8 Å². The van der Waals surface area contributed by atoms with Gasteiger partial charge in [0.05, 0.1) is 6.61 Å². The van der Waals surface area contributed by atoms with Crippen molar-refractivity contribution < 1.29 is 38.3 Å². The maximum absolute atomic E-state index is 5.63. The molecule has 0 atom stereocenters. The van der Waals surface area contributed by atoms with Gasteiger partial charge in [0, 0.05) is 13.2 Å². The van der Waals surface area contributed by atoms with Gasteiger partial charge in [-0.25, -0.2) is 0 Å². The second kappa shape index (κ2) is 16.6. The number of methoxy groups -OCH3 is 1. The first-order valence-corrected chi connectivity index (χ1v) is 10.9. The molecular weight excluding hydrogens is 529 g/mol. The van der Waals surface area contributed by atoms with Crippen LogP contribution in [0.5, 0.6) is 0 Å². The molecule has 0 aliphatic heterocycles. The van der Waals surface area contributed by atoms with Crippen LogP contribution in [-0.4, -0.2) is 68.5 Å². The van der Waals surface area contributed by atoms with E-state index in [1.54, 1.807) is 7.11 Å². The van der Waals surface area contributed by atoms with Gasteiger partial charge in [0.15, 0.2) is 0 Å². The predicted molar refractivity (Wildman–Crippen MR) is 102 cm³/mol. The van der Waals surface area contributed by atoms with E-state index < -0.39 is 0 Å². The molecule has 1 aromatic rings. The number of aromatic nitrogens is 2. The van der Waals surface area contributed by atoms with E-state index in [1.165, 1.54) is 35.9 Å². The molecule has 1 aromatic heterocycles. The average molecular weight is 567 g/mol. The van der Waals surface area contributed by atoms with Gasteiger partial charge in [0.2, 0.25) is 0 Å².